The van der Waals surface area contributed by atoms with Crippen LogP contribution in [0.4, 0.5) is 10.1 Å². The zero-order valence-electron chi connectivity index (χ0n) is 13.1. The fraction of sp³-hybridized carbons (Fsp3) is 0.562. The molecule has 6 nitrogen and oxygen atoms in total. The van der Waals surface area contributed by atoms with Crippen LogP contribution in [0.1, 0.15) is 54.1 Å². The van der Waals surface area contributed by atoms with Gasteiger partial charge in [-0.25, -0.2) is 4.39 Å². The molecular formula is C16H19FN2O4. The molecule has 7 heteroatoms. The van der Waals surface area contributed by atoms with E-state index in [4.69, 9.17) is 0 Å². The van der Waals surface area contributed by atoms with E-state index >= 15 is 0 Å². The van der Waals surface area contributed by atoms with Crippen LogP contribution in [0.2, 0.25) is 0 Å². The van der Waals surface area contributed by atoms with Gasteiger partial charge in [0, 0.05) is 23.7 Å². The first-order chi connectivity index (χ1) is 10.7. The Kier molecular flexibility index (Phi) is 3.63. The summed E-state index contributed by atoms with van der Waals surface area (Å²) in [5.74, 6) is -0.184. The molecule has 2 aliphatic rings. The summed E-state index contributed by atoms with van der Waals surface area (Å²) in [6.45, 7) is 2.60. The standard InChI is InChI=1S/C16H19FN2O4/c1-16(2,21)14(17)8-18-7-10-5-13(19(22)23)11(9-3-4-9)6-12(10)15(18)20/h5-6,9,14,21H,3-4,7-8H2,1-2H3/t14-/m1/s1. The summed E-state index contributed by atoms with van der Waals surface area (Å²) in [6.07, 6.45) is 0.199. The predicted octanol–water partition coefficient (Wildman–Crippen LogP) is 2.54. The van der Waals surface area contributed by atoms with Crippen molar-refractivity contribution in [3.05, 3.63) is 38.9 Å². The van der Waals surface area contributed by atoms with Crippen molar-refractivity contribution in [2.24, 2.45) is 0 Å². The highest BCUT2D eigenvalue weighted by atomic mass is 19.1. The van der Waals surface area contributed by atoms with E-state index in [1.54, 1.807) is 6.07 Å². The van der Waals surface area contributed by atoms with Gasteiger partial charge in [-0.2, -0.15) is 0 Å². The molecule has 0 unspecified atom stereocenters. The molecule has 124 valence electrons. The van der Waals surface area contributed by atoms with Crippen LogP contribution in [0.3, 0.4) is 0 Å². The minimum Gasteiger partial charge on any atom is -0.387 e. The molecule has 0 saturated heterocycles. The number of carbonyl (C=O) groups is 1. The highest BCUT2D eigenvalue weighted by molar-refractivity contribution is 5.99. The molecule has 0 aromatic heterocycles. The van der Waals surface area contributed by atoms with Gasteiger partial charge >= 0.3 is 0 Å². The van der Waals surface area contributed by atoms with Crippen molar-refractivity contribution in [3.63, 3.8) is 0 Å². The van der Waals surface area contributed by atoms with Crippen LogP contribution in [0.15, 0.2) is 12.1 Å². The van der Waals surface area contributed by atoms with Gasteiger partial charge in [0.15, 0.2) is 0 Å². The normalized spacial score (nSPS) is 19.0. The Morgan fingerprint density at radius 1 is 1.48 bits per heavy atom. The van der Waals surface area contributed by atoms with Crippen LogP contribution < -0.4 is 0 Å². The van der Waals surface area contributed by atoms with Crippen LogP contribution in [0, 0.1) is 10.1 Å². The Labute approximate surface area is 133 Å². The van der Waals surface area contributed by atoms with Crippen LogP contribution in [0.25, 0.3) is 0 Å². The number of nitro groups is 1. The van der Waals surface area contributed by atoms with Gasteiger partial charge in [0.2, 0.25) is 0 Å². The highest BCUT2D eigenvalue weighted by Crippen LogP contribution is 2.46. The van der Waals surface area contributed by atoms with E-state index in [9.17, 15) is 24.4 Å². The summed E-state index contributed by atoms with van der Waals surface area (Å²) in [4.78, 5) is 24.6. The molecule has 0 bridgehead atoms. The third-order valence-electron chi connectivity index (χ3n) is 4.49. The summed E-state index contributed by atoms with van der Waals surface area (Å²) in [7, 11) is 0. The first-order valence-corrected chi connectivity index (χ1v) is 7.65. The van der Waals surface area contributed by atoms with Crippen molar-refractivity contribution in [2.75, 3.05) is 6.54 Å². The Morgan fingerprint density at radius 2 is 2.13 bits per heavy atom. The Balaban J connectivity index is 1.89. The fourth-order valence-corrected chi connectivity index (χ4v) is 2.87. The Morgan fingerprint density at radius 3 is 2.65 bits per heavy atom. The Bertz CT molecular complexity index is 679. The second kappa shape index (κ2) is 5.26. The van der Waals surface area contributed by atoms with Crippen molar-refractivity contribution in [3.8, 4) is 0 Å². The quantitative estimate of drug-likeness (QED) is 0.667. The third kappa shape index (κ3) is 2.93. The second-order valence-electron chi connectivity index (χ2n) is 6.91. The number of amides is 1. The number of nitrogens with zero attached hydrogens (tertiary/aromatic N) is 2. The van der Waals surface area contributed by atoms with E-state index in [1.807, 2.05) is 0 Å². The van der Waals surface area contributed by atoms with Crippen LogP contribution >= 0.6 is 0 Å². The number of fused-ring (bicyclic) bond motifs is 1. The number of alkyl halides is 1. The number of halogens is 1. The zero-order valence-corrected chi connectivity index (χ0v) is 13.1. The van der Waals surface area contributed by atoms with E-state index < -0.39 is 16.7 Å². The van der Waals surface area contributed by atoms with Crippen LogP contribution in [0.5, 0.6) is 0 Å². The van der Waals surface area contributed by atoms with Crippen LogP contribution in [-0.4, -0.2) is 39.2 Å². The van der Waals surface area contributed by atoms with Gasteiger partial charge < -0.3 is 10.0 Å². The van der Waals surface area contributed by atoms with Crippen molar-refractivity contribution in [1.29, 1.82) is 0 Å². The SMILES string of the molecule is CC(C)(O)[C@H](F)CN1Cc2cc([N+](=O)[O-])c(C3CC3)cc2C1=O. The van der Waals surface area contributed by atoms with E-state index in [0.717, 1.165) is 12.8 Å². The number of aliphatic hydroxyl groups is 1. The summed E-state index contributed by atoms with van der Waals surface area (Å²) < 4.78 is 14.0. The van der Waals surface area contributed by atoms with Crippen molar-refractivity contribution >= 4 is 11.6 Å². The highest BCUT2D eigenvalue weighted by Gasteiger charge is 2.38. The maximum absolute atomic E-state index is 14.0. The van der Waals surface area contributed by atoms with Gasteiger partial charge in [0.1, 0.15) is 6.17 Å². The lowest BCUT2D eigenvalue weighted by Gasteiger charge is -2.26. The monoisotopic (exact) mass is 322 g/mol. The summed E-state index contributed by atoms with van der Waals surface area (Å²) in [5.41, 5.74) is 0.0677. The van der Waals surface area contributed by atoms with E-state index in [2.05, 4.69) is 0 Å². The molecule has 3 rings (SSSR count). The van der Waals surface area contributed by atoms with Gasteiger partial charge in [-0.05, 0) is 44.2 Å². The maximum atomic E-state index is 14.0. The molecule has 1 atom stereocenters. The summed E-state index contributed by atoms with van der Waals surface area (Å²) >= 11 is 0. The van der Waals surface area contributed by atoms with Crippen molar-refractivity contribution < 1.29 is 19.2 Å². The fourth-order valence-electron chi connectivity index (χ4n) is 2.87. The molecular weight excluding hydrogens is 303 g/mol. The van der Waals surface area contributed by atoms with Gasteiger partial charge in [0.05, 0.1) is 17.1 Å². The maximum Gasteiger partial charge on any atom is 0.273 e. The summed E-state index contributed by atoms with van der Waals surface area (Å²) in [6, 6.07) is 3.04. The molecule has 1 saturated carbocycles. The first-order valence-electron chi connectivity index (χ1n) is 7.65. The largest absolute Gasteiger partial charge is 0.387 e. The number of carbonyl (C=O) groups excluding carboxylic acids is 1. The number of hydrogen-bond acceptors (Lipinski definition) is 4. The average Bonchev–Trinajstić information content (AvgIpc) is 3.24. The van der Waals surface area contributed by atoms with E-state index in [0.29, 0.717) is 16.7 Å². The summed E-state index contributed by atoms with van der Waals surface area (Å²) in [5, 5.41) is 20.9. The topological polar surface area (TPSA) is 83.7 Å². The average molecular weight is 322 g/mol. The number of hydrogen-bond donors (Lipinski definition) is 1. The van der Waals surface area contributed by atoms with Crippen molar-refractivity contribution in [2.45, 2.75) is 50.9 Å². The molecule has 1 aromatic rings. The molecule has 1 aromatic carbocycles. The smallest absolute Gasteiger partial charge is 0.273 e. The number of rotatable bonds is 5. The lowest BCUT2D eigenvalue weighted by Crippen LogP contribution is -2.42. The molecule has 23 heavy (non-hydrogen) atoms. The lowest BCUT2D eigenvalue weighted by atomic mass is 10.0. The first kappa shape index (κ1) is 15.9. The molecule has 1 fully saturated rings. The molecule has 0 radical (unpaired) electrons. The lowest BCUT2D eigenvalue weighted by molar-refractivity contribution is -0.385. The molecule has 1 amide bonds. The third-order valence-corrected chi connectivity index (χ3v) is 4.49. The van der Waals surface area contributed by atoms with E-state index in [1.165, 1.54) is 24.8 Å². The second-order valence-corrected chi connectivity index (χ2v) is 6.91. The Hall–Kier alpha value is -2.02. The molecule has 1 aliphatic heterocycles. The number of benzene rings is 1. The predicted molar refractivity (Wildman–Crippen MR) is 81.0 cm³/mol. The minimum atomic E-state index is -1.58. The van der Waals surface area contributed by atoms with Gasteiger partial charge in [-0.1, -0.05) is 0 Å². The molecule has 0 spiro atoms. The molecule has 1 aliphatic carbocycles. The van der Waals surface area contributed by atoms with Gasteiger partial charge in [-0.15, -0.1) is 0 Å². The van der Waals surface area contributed by atoms with Crippen LogP contribution in [-0.2, 0) is 6.54 Å². The minimum absolute atomic E-state index is 0.0418. The number of nitro benzene ring substituents is 1. The van der Waals surface area contributed by atoms with Crippen molar-refractivity contribution in [1.82, 2.24) is 4.90 Å². The van der Waals surface area contributed by atoms with E-state index in [-0.39, 0.29) is 30.6 Å². The van der Waals surface area contributed by atoms with Gasteiger partial charge in [-0.3, -0.25) is 14.9 Å². The molecule has 1 N–H and O–H groups in total. The van der Waals surface area contributed by atoms with Gasteiger partial charge in [0.25, 0.3) is 11.6 Å². The molecule has 1 heterocycles. The zero-order chi connectivity index (χ0) is 16.9.